The molecule has 2 unspecified atom stereocenters. The maximum absolute atomic E-state index is 14.1. The number of aromatic nitrogens is 4. The van der Waals surface area contributed by atoms with Gasteiger partial charge in [0.2, 0.25) is 11.8 Å². The number of rotatable bonds is 9. The Balaban J connectivity index is 0.878. The number of piperidine rings is 1. The molecule has 6 heterocycles. The molecule has 5 N–H and O–H groups in total. The van der Waals surface area contributed by atoms with Crippen LogP contribution in [0.3, 0.4) is 0 Å². The highest BCUT2D eigenvalue weighted by molar-refractivity contribution is 5.89. The van der Waals surface area contributed by atoms with Crippen LogP contribution in [-0.2, 0) is 23.8 Å². The molecule has 0 radical (unpaired) electrons. The summed E-state index contributed by atoms with van der Waals surface area (Å²) in [5, 5.41) is 17.0. The molecule has 0 spiro atoms. The van der Waals surface area contributed by atoms with Gasteiger partial charge in [0.1, 0.15) is 29.4 Å². The van der Waals surface area contributed by atoms with Crippen LogP contribution in [-0.4, -0.2) is 117 Å². The van der Waals surface area contributed by atoms with E-state index >= 15 is 0 Å². The summed E-state index contributed by atoms with van der Waals surface area (Å²) in [6.07, 6.45) is 6.79. The van der Waals surface area contributed by atoms with Crippen LogP contribution >= 0.6 is 0 Å². The van der Waals surface area contributed by atoms with E-state index in [-0.39, 0.29) is 47.7 Å². The molecule has 4 saturated heterocycles. The molecule has 9 rings (SSSR count). The van der Waals surface area contributed by atoms with Gasteiger partial charge in [-0.05, 0) is 104 Å². The number of carbonyl (C=O) groups excluding carboxylic acids is 3. The van der Waals surface area contributed by atoms with Gasteiger partial charge in [0.05, 0.1) is 37.3 Å². The van der Waals surface area contributed by atoms with Crippen LogP contribution in [0.5, 0.6) is 0 Å². The van der Waals surface area contributed by atoms with Crippen molar-refractivity contribution < 1.29 is 38.5 Å². The molecule has 7 atom stereocenters. The Kier molecular flexibility index (Phi) is 11.4. The molecule has 16 nitrogen and oxygen atoms in total. The number of fused-ring (bicyclic) bond motifs is 2. The first-order valence-corrected chi connectivity index (χ1v) is 21.4. The second kappa shape index (κ2) is 17.2. The number of hydrogen-bond donors (Lipinski definition) is 5. The maximum atomic E-state index is 14.1. The molecule has 4 aromatic rings. The Bertz CT molecular complexity index is 2360. The number of H-pyrrole nitrogens is 2. The third-order valence-electron chi connectivity index (χ3n) is 13.2. The summed E-state index contributed by atoms with van der Waals surface area (Å²) in [6, 6.07) is 10.3. The molecular weight excluding hydrogens is 781 g/mol. The third kappa shape index (κ3) is 8.54. The number of carbonyl (C=O) groups is 4. The van der Waals surface area contributed by atoms with E-state index in [0.717, 1.165) is 46.9 Å². The highest BCUT2D eigenvalue weighted by Gasteiger charge is 2.56. The number of carboxylic acid groups (broad SMARTS) is 1. The van der Waals surface area contributed by atoms with Gasteiger partial charge >= 0.3 is 12.2 Å². The van der Waals surface area contributed by atoms with E-state index in [2.05, 4.69) is 50.4 Å². The molecule has 4 amide bonds. The van der Waals surface area contributed by atoms with Crippen molar-refractivity contribution in [1.29, 1.82) is 0 Å². The van der Waals surface area contributed by atoms with Crippen LogP contribution in [0.4, 0.5) is 9.59 Å². The second-order valence-electron chi connectivity index (χ2n) is 17.2. The molecule has 2 aromatic heterocycles. The topological polar surface area (TPSA) is 204 Å². The summed E-state index contributed by atoms with van der Waals surface area (Å²) in [7, 11) is 1.31. The lowest BCUT2D eigenvalue weighted by Crippen LogP contribution is -2.54. The lowest BCUT2D eigenvalue weighted by atomic mass is 9.90. The first-order valence-electron chi connectivity index (χ1n) is 21.4. The number of benzene rings is 2. The molecular formula is C45H52N8O8. The summed E-state index contributed by atoms with van der Waals surface area (Å²) in [6.45, 7) is 4.75. The van der Waals surface area contributed by atoms with Crippen molar-refractivity contribution in [2.45, 2.75) is 82.1 Å². The number of likely N-dealkylation sites (tertiary alicyclic amines) is 2. The molecule has 1 aliphatic carbocycles. The lowest BCUT2D eigenvalue weighted by Gasteiger charge is -2.35. The Morgan fingerprint density at radius 1 is 0.820 bits per heavy atom. The van der Waals surface area contributed by atoms with Gasteiger partial charge in [0.25, 0.3) is 0 Å². The number of methoxy groups -OCH3 is 1. The molecule has 5 aliphatic rings. The first-order chi connectivity index (χ1) is 29.6. The zero-order valence-corrected chi connectivity index (χ0v) is 34.4. The van der Waals surface area contributed by atoms with E-state index in [0.29, 0.717) is 81.9 Å². The minimum atomic E-state index is -1.21. The minimum absolute atomic E-state index is 0.0350. The van der Waals surface area contributed by atoms with E-state index in [1.807, 2.05) is 35.2 Å². The zero-order chi connectivity index (χ0) is 42.2. The van der Waals surface area contributed by atoms with Crippen LogP contribution in [0.2, 0.25) is 0 Å². The Labute approximate surface area is 353 Å². The van der Waals surface area contributed by atoms with Crippen molar-refractivity contribution >= 4 is 34.8 Å². The fourth-order valence-electron chi connectivity index (χ4n) is 9.94. The normalized spacial score (nSPS) is 25.0. The van der Waals surface area contributed by atoms with Crippen LogP contribution in [0.1, 0.15) is 86.9 Å². The molecule has 4 aliphatic heterocycles. The van der Waals surface area contributed by atoms with E-state index in [1.54, 1.807) is 17.3 Å². The molecule has 61 heavy (non-hydrogen) atoms. The minimum Gasteiger partial charge on any atom is -0.465 e. The molecule has 1 saturated carbocycles. The lowest BCUT2D eigenvalue weighted by molar-refractivity contribution is -0.138. The molecule has 2 aromatic carbocycles. The standard InChI is InChI=1S/C45H52N8O8/c1-25-17-36(52(24-25)42(54)38(50-44(56)57)27-9-13-60-14-10-27)40-47-23-34(49-40)31-7-6-29-18-26(3-5-30(29)19-31)4-8-33-22-46-41(48-33)37-21-32-20-35(32)53(37)43(55)39(51-45(58)59-2)28-11-15-61-16-12-28/h3,5-7,18-19,22-23,25,27-28,32,35-39,50H,9-17,20-21,24H2,1-2H3,(H,46,48)(H,47,49)(H,51,58)(H,56,57)/t25-,32+,35+,36-,37-,38?,39?/m0/s1. The van der Waals surface area contributed by atoms with Crippen molar-refractivity contribution in [1.82, 2.24) is 40.4 Å². The van der Waals surface area contributed by atoms with Crippen molar-refractivity contribution in [3.8, 4) is 23.1 Å². The van der Waals surface area contributed by atoms with Gasteiger partial charge in [-0.1, -0.05) is 31.0 Å². The van der Waals surface area contributed by atoms with Crippen molar-refractivity contribution in [3.05, 3.63) is 71.7 Å². The molecule has 320 valence electrons. The van der Waals surface area contributed by atoms with Crippen molar-refractivity contribution in [3.63, 3.8) is 0 Å². The number of aromatic amines is 2. The van der Waals surface area contributed by atoms with Crippen LogP contribution < -0.4 is 10.6 Å². The molecule has 5 fully saturated rings. The van der Waals surface area contributed by atoms with E-state index < -0.39 is 24.3 Å². The predicted octanol–water partition coefficient (Wildman–Crippen LogP) is 5.14. The molecule has 0 bridgehead atoms. The average molecular weight is 833 g/mol. The molecule has 16 heteroatoms. The van der Waals surface area contributed by atoms with Gasteiger partial charge in [-0.2, -0.15) is 0 Å². The summed E-state index contributed by atoms with van der Waals surface area (Å²) in [5.41, 5.74) is 3.26. The predicted molar refractivity (Wildman–Crippen MR) is 222 cm³/mol. The van der Waals surface area contributed by atoms with Gasteiger partial charge in [-0.3, -0.25) is 9.59 Å². The zero-order valence-electron chi connectivity index (χ0n) is 34.4. The number of nitrogens with one attached hydrogen (secondary N) is 4. The summed E-state index contributed by atoms with van der Waals surface area (Å²) in [4.78, 5) is 72.1. The second-order valence-corrected chi connectivity index (χ2v) is 17.2. The number of hydrogen-bond acceptors (Lipinski definition) is 9. The van der Waals surface area contributed by atoms with Crippen molar-refractivity contribution in [2.24, 2.45) is 23.7 Å². The number of imidazole rings is 2. The number of alkyl carbamates (subject to hydrolysis) is 1. The van der Waals surface area contributed by atoms with Crippen molar-refractivity contribution in [2.75, 3.05) is 40.1 Å². The number of ether oxygens (including phenoxy) is 3. The Morgan fingerprint density at radius 2 is 1.49 bits per heavy atom. The first kappa shape index (κ1) is 40.5. The van der Waals surface area contributed by atoms with E-state index in [4.69, 9.17) is 19.2 Å². The fraction of sp³-hybridized carbons (Fsp3) is 0.511. The largest absolute Gasteiger partial charge is 0.465 e. The number of nitrogens with zero attached hydrogens (tertiary/aromatic N) is 4. The van der Waals surface area contributed by atoms with E-state index in [9.17, 15) is 24.3 Å². The van der Waals surface area contributed by atoms with Gasteiger partial charge in [0, 0.05) is 50.1 Å². The van der Waals surface area contributed by atoms with Gasteiger partial charge in [-0.15, -0.1) is 0 Å². The van der Waals surface area contributed by atoms with Gasteiger partial charge in [0.15, 0.2) is 0 Å². The smallest absolute Gasteiger partial charge is 0.407 e. The highest BCUT2D eigenvalue weighted by atomic mass is 16.5. The summed E-state index contributed by atoms with van der Waals surface area (Å²) in [5.74, 6) is 8.03. The van der Waals surface area contributed by atoms with Gasteiger partial charge < -0.3 is 49.7 Å². The monoisotopic (exact) mass is 832 g/mol. The van der Waals surface area contributed by atoms with E-state index in [1.165, 1.54) is 7.11 Å². The quantitative estimate of drug-likeness (QED) is 0.141. The van der Waals surface area contributed by atoms with Gasteiger partial charge in [-0.25, -0.2) is 19.6 Å². The fourth-order valence-corrected chi connectivity index (χ4v) is 9.94. The Hall–Kier alpha value is -5.92. The van der Waals surface area contributed by atoms with Crippen LogP contribution in [0.25, 0.3) is 22.0 Å². The third-order valence-corrected chi connectivity index (χ3v) is 13.2. The van der Waals surface area contributed by atoms with Crippen LogP contribution in [0.15, 0.2) is 48.8 Å². The maximum Gasteiger partial charge on any atom is 0.407 e. The SMILES string of the molecule is COC(=O)NC(C(=O)N1[C@@H]2C[C@@H]2C[C@H]1c1ncc(C#Cc2ccc3cc(-c4cnc([C@@H]5C[C@H](C)CN5C(=O)C(NC(=O)O)C5CCOCC5)[nH]4)ccc3c2)[nH]1)C1CCOCC1. The number of amides is 4. The summed E-state index contributed by atoms with van der Waals surface area (Å²) >= 11 is 0. The highest BCUT2D eigenvalue weighted by Crippen LogP contribution is 2.53. The average Bonchev–Trinajstić information content (AvgIpc) is 3.75. The van der Waals surface area contributed by atoms with Crippen LogP contribution in [0, 0.1) is 35.5 Å². The Morgan fingerprint density at radius 3 is 2.21 bits per heavy atom. The summed E-state index contributed by atoms with van der Waals surface area (Å²) < 4.78 is 15.9.